The minimum Gasteiger partial charge on any atom is -0.343 e. The summed E-state index contributed by atoms with van der Waals surface area (Å²) in [7, 11) is 1.95. The van der Waals surface area contributed by atoms with E-state index in [4.69, 9.17) is 4.52 Å². The van der Waals surface area contributed by atoms with Crippen LogP contribution in [0.25, 0.3) is 11.4 Å². The third kappa shape index (κ3) is 4.22. The van der Waals surface area contributed by atoms with Gasteiger partial charge < -0.3 is 14.7 Å². The third-order valence-electron chi connectivity index (χ3n) is 4.71. The van der Waals surface area contributed by atoms with Gasteiger partial charge >= 0.3 is 0 Å². The van der Waals surface area contributed by atoms with Crippen LogP contribution in [0.1, 0.15) is 30.7 Å². The second-order valence-electron chi connectivity index (χ2n) is 6.42. The summed E-state index contributed by atoms with van der Waals surface area (Å²) < 4.78 is 18.8. The average molecular weight is 346 g/mol. The molecule has 6 nitrogen and oxygen atoms in total. The van der Waals surface area contributed by atoms with E-state index in [1.54, 1.807) is 19.1 Å². The smallest absolute Gasteiger partial charge is 0.227 e. The van der Waals surface area contributed by atoms with Gasteiger partial charge in [0.2, 0.25) is 17.6 Å². The van der Waals surface area contributed by atoms with Crippen molar-refractivity contribution < 1.29 is 13.7 Å². The van der Waals surface area contributed by atoms with Crippen molar-refractivity contribution in [3.05, 3.63) is 35.5 Å². The first-order valence-electron chi connectivity index (χ1n) is 8.61. The fourth-order valence-corrected chi connectivity index (χ4v) is 3.00. The maximum absolute atomic E-state index is 13.6. The van der Waals surface area contributed by atoms with Gasteiger partial charge in [-0.05, 0) is 38.4 Å². The lowest BCUT2D eigenvalue weighted by Gasteiger charge is -2.31. The molecule has 1 fully saturated rings. The lowest BCUT2D eigenvalue weighted by atomic mass is 10.0. The first-order chi connectivity index (χ1) is 12.1. The van der Waals surface area contributed by atoms with Gasteiger partial charge in [-0.15, -0.1) is 0 Å². The van der Waals surface area contributed by atoms with Crippen molar-refractivity contribution in [1.29, 1.82) is 0 Å². The van der Waals surface area contributed by atoms with Crippen LogP contribution in [0.2, 0.25) is 0 Å². The van der Waals surface area contributed by atoms with Crippen molar-refractivity contribution in [3.63, 3.8) is 0 Å². The van der Waals surface area contributed by atoms with Crippen molar-refractivity contribution >= 4 is 5.91 Å². The highest BCUT2D eigenvalue weighted by Crippen LogP contribution is 2.19. The highest BCUT2D eigenvalue weighted by Gasteiger charge is 2.22. The molecule has 0 spiro atoms. The van der Waals surface area contributed by atoms with Crippen LogP contribution in [0, 0.1) is 12.7 Å². The van der Waals surface area contributed by atoms with Gasteiger partial charge in [0, 0.05) is 37.5 Å². The molecule has 134 valence electrons. The Bertz CT molecular complexity index is 738. The van der Waals surface area contributed by atoms with Gasteiger partial charge in [-0.3, -0.25) is 4.79 Å². The van der Waals surface area contributed by atoms with Crippen molar-refractivity contribution in [2.24, 2.45) is 0 Å². The van der Waals surface area contributed by atoms with Gasteiger partial charge in [-0.2, -0.15) is 4.98 Å². The van der Waals surface area contributed by atoms with Gasteiger partial charge in [0.1, 0.15) is 5.82 Å². The second kappa shape index (κ2) is 7.74. The number of rotatable bonds is 5. The van der Waals surface area contributed by atoms with E-state index in [0.717, 1.165) is 25.9 Å². The minimum absolute atomic E-state index is 0.107. The summed E-state index contributed by atoms with van der Waals surface area (Å²) in [6.07, 6.45) is 2.69. The summed E-state index contributed by atoms with van der Waals surface area (Å²) in [6.45, 7) is 3.26. The molecule has 0 aliphatic carbocycles. The first kappa shape index (κ1) is 17.5. The van der Waals surface area contributed by atoms with E-state index in [2.05, 4.69) is 15.5 Å². The second-order valence-corrected chi connectivity index (χ2v) is 6.42. The molecular weight excluding hydrogens is 323 g/mol. The number of benzene rings is 1. The van der Waals surface area contributed by atoms with E-state index in [9.17, 15) is 9.18 Å². The standard InChI is InChI=1S/C18H23FN4O2/c1-12-3-4-13(11-15(12)19)18-21-16(25-22-18)5-6-17(24)23-9-7-14(20-2)8-10-23/h3-4,11,14,20H,5-10H2,1-2H3. The first-order valence-corrected chi connectivity index (χ1v) is 8.61. The number of nitrogens with zero attached hydrogens (tertiary/aromatic N) is 3. The third-order valence-corrected chi connectivity index (χ3v) is 4.71. The number of nitrogens with one attached hydrogen (secondary N) is 1. The fraction of sp³-hybridized carbons (Fsp3) is 0.500. The number of carbonyl (C=O) groups is 1. The minimum atomic E-state index is -0.302. The number of aromatic nitrogens is 2. The molecule has 0 saturated carbocycles. The average Bonchev–Trinajstić information content (AvgIpc) is 3.11. The predicted octanol–water partition coefficient (Wildman–Crippen LogP) is 2.33. The SMILES string of the molecule is CNC1CCN(C(=O)CCc2nc(-c3ccc(C)c(F)c3)no2)CC1. The number of amides is 1. The number of likely N-dealkylation sites (tertiary alicyclic amines) is 1. The Balaban J connectivity index is 1.55. The van der Waals surface area contributed by atoms with Crippen molar-refractivity contribution in [1.82, 2.24) is 20.4 Å². The molecule has 0 bridgehead atoms. The summed E-state index contributed by atoms with van der Waals surface area (Å²) in [4.78, 5) is 18.4. The molecule has 1 saturated heterocycles. The maximum Gasteiger partial charge on any atom is 0.227 e. The van der Waals surface area contributed by atoms with E-state index >= 15 is 0 Å². The molecule has 0 unspecified atom stereocenters. The molecule has 3 rings (SSSR count). The molecular formula is C18H23FN4O2. The number of piperidine rings is 1. The van der Waals surface area contributed by atoms with E-state index in [1.165, 1.54) is 6.07 Å². The van der Waals surface area contributed by atoms with Gasteiger partial charge in [-0.25, -0.2) is 4.39 Å². The van der Waals surface area contributed by atoms with Crippen LogP contribution in [0.4, 0.5) is 4.39 Å². The van der Waals surface area contributed by atoms with Crippen molar-refractivity contribution in [2.45, 2.75) is 38.6 Å². The Labute approximate surface area is 146 Å². The molecule has 1 aromatic heterocycles. The zero-order valence-electron chi connectivity index (χ0n) is 14.6. The fourth-order valence-electron chi connectivity index (χ4n) is 3.00. The molecule has 1 aliphatic heterocycles. The van der Waals surface area contributed by atoms with E-state index in [-0.39, 0.29) is 11.7 Å². The van der Waals surface area contributed by atoms with Gasteiger partial charge in [0.05, 0.1) is 0 Å². The van der Waals surface area contributed by atoms with E-state index < -0.39 is 0 Å². The van der Waals surface area contributed by atoms with Gasteiger partial charge in [0.15, 0.2) is 0 Å². The van der Waals surface area contributed by atoms with Gasteiger partial charge in [0.25, 0.3) is 0 Å². The molecule has 25 heavy (non-hydrogen) atoms. The molecule has 0 atom stereocenters. The molecule has 0 radical (unpaired) electrons. The summed E-state index contributed by atoms with van der Waals surface area (Å²) >= 11 is 0. The summed E-state index contributed by atoms with van der Waals surface area (Å²) in [6, 6.07) is 5.32. The molecule has 2 aromatic rings. The quantitative estimate of drug-likeness (QED) is 0.900. The molecule has 2 heterocycles. The molecule has 1 N–H and O–H groups in total. The highest BCUT2D eigenvalue weighted by molar-refractivity contribution is 5.76. The Morgan fingerprint density at radius 2 is 2.16 bits per heavy atom. The normalized spacial score (nSPS) is 15.6. The van der Waals surface area contributed by atoms with Crippen molar-refractivity contribution in [2.75, 3.05) is 20.1 Å². The number of halogens is 1. The lowest BCUT2D eigenvalue weighted by molar-refractivity contribution is -0.132. The van der Waals surface area contributed by atoms with Crippen LogP contribution in [-0.4, -0.2) is 47.1 Å². The van der Waals surface area contributed by atoms with E-state index in [1.807, 2.05) is 11.9 Å². The Morgan fingerprint density at radius 1 is 1.40 bits per heavy atom. The zero-order valence-corrected chi connectivity index (χ0v) is 14.6. The number of carbonyl (C=O) groups excluding carboxylic acids is 1. The van der Waals surface area contributed by atoms with Crippen molar-refractivity contribution in [3.8, 4) is 11.4 Å². The highest BCUT2D eigenvalue weighted by atomic mass is 19.1. The maximum atomic E-state index is 13.6. The Morgan fingerprint density at radius 3 is 2.84 bits per heavy atom. The predicted molar refractivity (Wildman–Crippen MR) is 91.4 cm³/mol. The number of hydrogen-bond acceptors (Lipinski definition) is 5. The van der Waals surface area contributed by atoms with Gasteiger partial charge in [-0.1, -0.05) is 17.3 Å². The number of hydrogen-bond donors (Lipinski definition) is 1. The molecule has 1 amide bonds. The molecule has 1 aromatic carbocycles. The zero-order chi connectivity index (χ0) is 17.8. The summed E-state index contributed by atoms with van der Waals surface area (Å²) in [5.74, 6) is 0.547. The largest absolute Gasteiger partial charge is 0.343 e. The van der Waals surface area contributed by atoms with E-state index in [0.29, 0.717) is 41.7 Å². The topological polar surface area (TPSA) is 71.3 Å². The monoisotopic (exact) mass is 346 g/mol. The Kier molecular flexibility index (Phi) is 5.43. The lowest BCUT2D eigenvalue weighted by Crippen LogP contribution is -2.44. The molecule has 7 heteroatoms. The Hall–Kier alpha value is -2.28. The van der Waals surface area contributed by atoms with Crippen LogP contribution in [0.3, 0.4) is 0 Å². The van der Waals surface area contributed by atoms with Crippen LogP contribution >= 0.6 is 0 Å². The van der Waals surface area contributed by atoms with Crippen LogP contribution in [-0.2, 0) is 11.2 Å². The molecule has 1 aliphatic rings. The summed E-state index contributed by atoms with van der Waals surface area (Å²) in [5, 5.41) is 7.13. The van der Waals surface area contributed by atoms with Crippen LogP contribution in [0.15, 0.2) is 22.7 Å². The van der Waals surface area contributed by atoms with Crippen LogP contribution in [0.5, 0.6) is 0 Å². The number of aryl methyl sites for hydroxylation is 2. The van der Waals surface area contributed by atoms with Crippen LogP contribution < -0.4 is 5.32 Å². The summed E-state index contributed by atoms with van der Waals surface area (Å²) in [5.41, 5.74) is 1.14.